The number of likely N-dealkylation sites (N-methyl/N-ethyl adjacent to an activating group) is 1. The van der Waals surface area contributed by atoms with Crippen LogP contribution in [0, 0.1) is 5.82 Å². The fraction of sp³-hybridized carbons (Fsp3) is 0.152. The van der Waals surface area contributed by atoms with Crippen molar-refractivity contribution in [3.8, 4) is 22.5 Å². The molecule has 8 nitrogen and oxygen atoms in total. The fourth-order valence-electron chi connectivity index (χ4n) is 5.45. The van der Waals surface area contributed by atoms with Gasteiger partial charge in [0.1, 0.15) is 11.5 Å². The van der Waals surface area contributed by atoms with E-state index in [1.54, 1.807) is 22.8 Å². The Hall–Kier alpha value is -4.93. The highest BCUT2D eigenvalue weighted by molar-refractivity contribution is 7.10. The van der Waals surface area contributed by atoms with Crippen LogP contribution in [-0.2, 0) is 24.2 Å². The number of nitrogens with zero attached hydrogens (tertiary/aromatic N) is 5. The highest BCUT2D eigenvalue weighted by Gasteiger charge is 2.20. The molecule has 0 radical (unpaired) electrons. The monoisotopic (exact) mass is 589 g/mol. The van der Waals surface area contributed by atoms with Crippen LogP contribution in [0.2, 0.25) is 0 Å². The van der Waals surface area contributed by atoms with Gasteiger partial charge in [-0.3, -0.25) is 4.79 Å². The molecule has 0 unspecified atom stereocenters. The van der Waals surface area contributed by atoms with Gasteiger partial charge in [-0.15, -0.1) is 11.3 Å². The van der Waals surface area contributed by atoms with E-state index in [0.717, 1.165) is 41.2 Å². The Kier molecular flexibility index (Phi) is 7.14. The molecule has 0 fully saturated rings. The highest BCUT2D eigenvalue weighted by Crippen LogP contribution is 2.36. The first-order valence-corrected chi connectivity index (χ1v) is 14.9. The van der Waals surface area contributed by atoms with E-state index in [-0.39, 0.29) is 18.0 Å². The minimum atomic E-state index is -0.515. The maximum Gasteiger partial charge on any atom is 0.229 e. The summed E-state index contributed by atoms with van der Waals surface area (Å²) in [5.74, 6) is -0.337. The standard InChI is InChI=1S/C33H28FN7OS/c1-40-15-12-21-7-9-24(17-23(21)20-40)36-33-35-13-11-27(38-33)31-29-6-2-3-14-41(29)39-32(31)22-8-10-26(34)28(18-22)37-30(42)19-25-5-4-16-43-25/h2-11,13-14,16-18H,12,15,19-20H2,1H3,(H,37,42)(H,35,36,38). The number of anilines is 3. The average molecular weight is 590 g/mol. The topological polar surface area (TPSA) is 87.5 Å². The number of rotatable bonds is 7. The van der Waals surface area contributed by atoms with Gasteiger partial charge >= 0.3 is 0 Å². The Morgan fingerprint density at radius 3 is 2.86 bits per heavy atom. The number of carbonyl (C=O) groups excluding carboxylic acids is 1. The van der Waals surface area contributed by atoms with Gasteiger partial charge in [-0.2, -0.15) is 5.10 Å². The van der Waals surface area contributed by atoms with Crippen LogP contribution < -0.4 is 10.6 Å². The van der Waals surface area contributed by atoms with Crippen LogP contribution in [0.1, 0.15) is 16.0 Å². The summed E-state index contributed by atoms with van der Waals surface area (Å²) in [6.45, 7) is 1.97. The van der Waals surface area contributed by atoms with Crippen molar-refractivity contribution in [2.75, 3.05) is 24.2 Å². The first-order chi connectivity index (χ1) is 21.0. The molecule has 0 bridgehead atoms. The molecule has 7 rings (SSSR count). The average Bonchev–Trinajstić information content (AvgIpc) is 3.66. The lowest BCUT2D eigenvalue weighted by Crippen LogP contribution is -2.26. The number of aromatic nitrogens is 4. The van der Waals surface area contributed by atoms with E-state index in [9.17, 15) is 9.18 Å². The van der Waals surface area contributed by atoms with Gasteiger partial charge in [-0.1, -0.05) is 18.2 Å². The van der Waals surface area contributed by atoms with Gasteiger partial charge in [0.2, 0.25) is 11.9 Å². The number of thiophene rings is 1. The molecule has 5 heterocycles. The van der Waals surface area contributed by atoms with Gasteiger partial charge in [0.05, 0.1) is 28.9 Å². The van der Waals surface area contributed by atoms with Crippen LogP contribution in [0.3, 0.4) is 0 Å². The molecule has 1 amide bonds. The van der Waals surface area contributed by atoms with Gasteiger partial charge in [-0.05, 0) is 84.6 Å². The van der Waals surface area contributed by atoms with Crippen molar-refractivity contribution in [3.63, 3.8) is 0 Å². The van der Waals surface area contributed by atoms with Crippen molar-refractivity contribution in [3.05, 3.63) is 112 Å². The van der Waals surface area contributed by atoms with Crippen LogP contribution in [0.5, 0.6) is 0 Å². The number of halogens is 1. The van der Waals surface area contributed by atoms with Crippen LogP contribution in [0.25, 0.3) is 28.0 Å². The third kappa shape index (κ3) is 5.62. The number of hydrogen-bond acceptors (Lipinski definition) is 7. The molecule has 1 aliphatic rings. The Morgan fingerprint density at radius 1 is 1.05 bits per heavy atom. The van der Waals surface area contributed by atoms with Crippen molar-refractivity contribution in [2.45, 2.75) is 19.4 Å². The van der Waals surface area contributed by atoms with Crippen LogP contribution >= 0.6 is 11.3 Å². The van der Waals surface area contributed by atoms with Crippen molar-refractivity contribution in [1.82, 2.24) is 24.5 Å². The lowest BCUT2D eigenvalue weighted by molar-refractivity contribution is -0.115. The van der Waals surface area contributed by atoms with Crippen LogP contribution in [-0.4, -0.2) is 44.0 Å². The van der Waals surface area contributed by atoms with E-state index in [1.165, 1.54) is 28.5 Å². The molecule has 43 heavy (non-hydrogen) atoms. The highest BCUT2D eigenvalue weighted by atomic mass is 32.1. The van der Waals surface area contributed by atoms with E-state index in [4.69, 9.17) is 10.1 Å². The summed E-state index contributed by atoms with van der Waals surface area (Å²) in [5, 5.41) is 12.9. The molecule has 6 aromatic rings. The Labute approximate surface area is 251 Å². The third-order valence-electron chi connectivity index (χ3n) is 7.55. The Morgan fingerprint density at radius 2 is 1.98 bits per heavy atom. The predicted molar refractivity (Wildman–Crippen MR) is 168 cm³/mol. The van der Waals surface area contributed by atoms with Gasteiger partial charge < -0.3 is 15.5 Å². The normalized spacial score (nSPS) is 13.2. The molecular formula is C33H28FN7OS. The summed E-state index contributed by atoms with van der Waals surface area (Å²) in [6, 6.07) is 22.5. The molecule has 214 valence electrons. The second kappa shape index (κ2) is 11.4. The van der Waals surface area contributed by atoms with E-state index in [1.807, 2.05) is 48.0 Å². The lowest BCUT2D eigenvalue weighted by Gasteiger charge is -2.25. The molecule has 2 N–H and O–H groups in total. The van der Waals surface area contributed by atoms with E-state index < -0.39 is 5.82 Å². The third-order valence-corrected chi connectivity index (χ3v) is 8.42. The molecule has 0 atom stereocenters. The lowest BCUT2D eigenvalue weighted by atomic mass is 9.99. The number of nitrogens with one attached hydrogen (secondary N) is 2. The SMILES string of the molecule is CN1CCc2ccc(Nc3nccc(-c4c(-c5ccc(F)c(NC(=O)Cc6cccs6)c5)nn5ccccc45)n3)cc2C1. The molecule has 0 saturated carbocycles. The maximum absolute atomic E-state index is 14.9. The first-order valence-electron chi connectivity index (χ1n) is 14.0. The van der Waals surface area contributed by atoms with E-state index >= 15 is 0 Å². The van der Waals surface area contributed by atoms with Crippen LogP contribution in [0.4, 0.5) is 21.7 Å². The van der Waals surface area contributed by atoms with Crippen molar-refractivity contribution < 1.29 is 9.18 Å². The summed E-state index contributed by atoms with van der Waals surface area (Å²) in [7, 11) is 2.13. The zero-order valence-corrected chi connectivity index (χ0v) is 24.2. The summed E-state index contributed by atoms with van der Waals surface area (Å²) in [6.07, 6.45) is 4.80. The second-order valence-electron chi connectivity index (χ2n) is 10.6. The minimum absolute atomic E-state index is 0.102. The van der Waals surface area contributed by atoms with E-state index in [2.05, 4.69) is 45.8 Å². The Bertz CT molecular complexity index is 1950. The van der Waals surface area contributed by atoms with Gasteiger partial charge in [0, 0.05) is 41.6 Å². The van der Waals surface area contributed by atoms with Crippen LogP contribution in [0.15, 0.2) is 90.6 Å². The number of hydrogen-bond donors (Lipinski definition) is 2. The zero-order valence-electron chi connectivity index (χ0n) is 23.4. The Balaban J connectivity index is 1.23. The molecule has 2 aromatic carbocycles. The number of amides is 1. The number of fused-ring (bicyclic) bond motifs is 2. The summed E-state index contributed by atoms with van der Waals surface area (Å²) in [4.78, 5) is 25.3. The second-order valence-corrected chi connectivity index (χ2v) is 11.6. The minimum Gasteiger partial charge on any atom is -0.324 e. The largest absolute Gasteiger partial charge is 0.324 e. The molecule has 1 aliphatic heterocycles. The molecule has 0 spiro atoms. The van der Waals surface area contributed by atoms with E-state index in [0.29, 0.717) is 22.9 Å². The molecule has 0 aliphatic carbocycles. The zero-order chi connectivity index (χ0) is 29.3. The van der Waals surface area contributed by atoms with Crippen molar-refractivity contribution in [2.24, 2.45) is 0 Å². The van der Waals surface area contributed by atoms with Gasteiger partial charge in [0.25, 0.3) is 0 Å². The number of carbonyl (C=O) groups is 1. The van der Waals surface area contributed by atoms with Gasteiger partial charge in [0.15, 0.2) is 0 Å². The van der Waals surface area contributed by atoms with Gasteiger partial charge in [-0.25, -0.2) is 18.9 Å². The number of benzene rings is 2. The summed E-state index contributed by atoms with van der Waals surface area (Å²) < 4.78 is 16.6. The van der Waals surface area contributed by atoms with Crippen molar-refractivity contribution in [1.29, 1.82) is 0 Å². The molecule has 4 aromatic heterocycles. The summed E-state index contributed by atoms with van der Waals surface area (Å²) >= 11 is 1.49. The molecule has 0 saturated heterocycles. The quantitative estimate of drug-likeness (QED) is 0.219. The fourth-order valence-corrected chi connectivity index (χ4v) is 6.15. The number of pyridine rings is 1. The predicted octanol–water partition coefficient (Wildman–Crippen LogP) is 6.57. The smallest absolute Gasteiger partial charge is 0.229 e. The first kappa shape index (κ1) is 26.9. The van der Waals surface area contributed by atoms with Crippen molar-refractivity contribution >= 4 is 40.1 Å². The molecular weight excluding hydrogens is 561 g/mol. The summed E-state index contributed by atoms with van der Waals surface area (Å²) in [5.41, 5.74) is 7.24. The maximum atomic E-state index is 14.9. The molecule has 10 heteroatoms.